The zero-order valence-electron chi connectivity index (χ0n) is 13.3. The van der Waals surface area contributed by atoms with Crippen LogP contribution in [0, 0.1) is 0 Å². The topological polar surface area (TPSA) is 12.9 Å². The van der Waals surface area contributed by atoms with E-state index in [0.717, 1.165) is 17.7 Å². The first-order chi connectivity index (χ1) is 9.17. The van der Waals surface area contributed by atoms with Crippen LogP contribution >= 0.6 is 0 Å². The minimum Gasteiger partial charge on any atom is -0.256 e. The molecule has 0 fully saturated rings. The van der Waals surface area contributed by atoms with E-state index in [4.69, 9.17) is 0 Å². The minimum atomic E-state index is 1.02. The van der Waals surface area contributed by atoms with Crippen molar-refractivity contribution in [2.24, 2.45) is 0 Å². The van der Waals surface area contributed by atoms with E-state index >= 15 is 0 Å². The van der Waals surface area contributed by atoms with Crippen molar-refractivity contribution in [3.63, 3.8) is 0 Å². The normalized spacial score (nSPS) is 9.68. The van der Waals surface area contributed by atoms with Crippen LogP contribution in [0.3, 0.4) is 0 Å². The lowest BCUT2D eigenvalue weighted by Crippen LogP contribution is -1.91. The molecule has 0 saturated heterocycles. The molecule has 0 aliphatic rings. The van der Waals surface area contributed by atoms with Gasteiger partial charge in [0.2, 0.25) is 0 Å². The van der Waals surface area contributed by atoms with E-state index in [1.54, 1.807) is 0 Å². The molecule has 0 aliphatic heterocycles. The molecule has 108 valence electrons. The van der Waals surface area contributed by atoms with Crippen molar-refractivity contribution in [1.82, 2.24) is 4.98 Å². The quantitative estimate of drug-likeness (QED) is 0.545. The van der Waals surface area contributed by atoms with E-state index in [1.165, 1.54) is 44.1 Å². The van der Waals surface area contributed by atoms with Crippen LogP contribution < -0.4 is 0 Å². The monoisotopic (exact) mass is 261 g/mol. The van der Waals surface area contributed by atoms with Crippen LogP contribution in [0.1, 0.15) is 77.5 Å². The molecular formula is C18H31N. The lowest BCUT2D eigenvalue weighted by Gasteiger charge is -2.03. The van der Waals surface area contributed by atoms with Gasteiger partial charge in [-0.2, -0.15) is 0 Å². The molecule has 1 heteroatoms. The number of hydrogen-bond donors (Lipinski definition) is 0. The summed E-state index contributed by atoms with van der Waals surface area (Å²) in [6.45, 7) is 12.5. The lowest BCUT2D eigenvalue weighted by molar-refractivity contribution is 0.624. The Kier molecular flexibility index (Phi) is 11.3. The number of aryl methyl sites for hydroxylation is 1. The Hall–Kier alpha value is -1.11. The number of nitrogens with zero attached hydrogens (tertiary/aromatic N) is 1. The Bertz CT molecular complexity index is 335. The van der Waals surface area contributed by atoms with Crippen LogP contribution in [-0.4, -0.2) is 4.98 Å². The van der Waals surface area contributed by atoms with Crippen molar-refractivity contribution >= 4 is 5.57 Å². The van der Waals surface area contributed by atoms with Crippen LogP contribution in [0.2, 0.25) is 0 Å². The fourth-order valence-electron chi connectivity index (χ4n) is 1.96. The molecule has 0 aromatic carbocycles. The molecule has 0 unspecified atom stereocenters. The molecule has 1 aromatic heterocycles. The fraction of sp³-hybridized carbons (Fsp3) is 0.611. The van der Waals surface area contributed by atoms with E-state index in [9.17, 15) is 0 Å². The molecule has 0 bridgehead atoms. The molecule has 0 radical (unpaired) electrons. The van der Waals surface area contributed by atoms with E-state index in [0.29, 0.717) is 0 Å². The van der Waals surface area contributed by atoms with Crippen LogP contribution in [0.25, 0.3) is 5.57 Å². The number of rotatable bonds is 7. The molecule has 0 aliphatic carbocycles. The second-order valence-electron chi connectivity index (χ2n) is 5.06. The Morgan fingerprint density at radius 3 is 2.00 bits per heavy atom. The molecule has 1 rings (SSSR count). The van der Waals surface area contributed by atoms with Gasteiger partial charge >= 0.3 is 0 Å². The van der Waals surface area contributed by atoms with Gasteiger partial charge in [0.15, 0.2) is 0 Å². The largest absolute Gasteiger partial charge is 0.256 e. The summed E-state index contributed by atoms with van der Waals surface area (Å²) in [5.74, 6) is 0. The molecule has 0 amide bonds. The number of hydrogen-bond acceptors (Lipinski definition) is 1. The van der Waals surface area contributed by atoms with E-state index in [-0.39, 0.29) is 0 Å². The first-order valence-electron chi connectivity index (χ1n) is 7.77. The van der Waals surface area contributed by atoms with Gasteiger partial charge in [-0.15, -0.1) is 0 Å². The molecule has 1 heterocycles. The van der Waals surface area contributed by atoms with Crippen LogP contribution in [0.15, 0.2) is 24.9 Å². The Labute approximate surface area is 120 Å². The predicted octanol–water partition coefficient (Wildman–Crippen LogP) is 6.04. The average Bonchev–Trinajstić information content (AvgIpc) is 2.44. The van der Waals surface area contributed by atoms with Crippen molar-refractivity contribution in [2.45, 2.75) is 72.6 Å². The molecule has 1 nitrogen and oxygen atoms in total. The maximum Gasteiger partial charge on any atom is 0.0684 e. The number of aromatic nitrogens is 1. The number of unbranched alkanes of at least 4 members (excludes halogenated alkanes) is 5. The van der Waals surface area contributed by atoms with E-state index < -0.39 is 0 Å². The maximum absolute atomic E-state index is 4.25. The highest BCUT2D eigenvalue weighted by molar-refractivity contribution is 5.60. The fourth-order valence-corrected chi connectivity index (χ4v) is 1.96. The first kappa shape index (κ1) is 17.9. The average molecular weight is 261 g/mol. The zero-order valence-corrected chi connectivity index (χ0v) is 13.3. The highest BCUT2D eigenvalue weighted by atomic mass is 14.7. The van der Waals surface area contributed by atoms with Gasteiger partial charge in [0.05, 0.1) is 5.69 Å². The third-order valence-electron chi connectivity index (χ3n) is 3.13. The summed E-state index contributed by atoms with van der Waals surface area (Å²) < 4.78 is 0. The van der Waals surface area contributed by atoms with Gasteiger partial charge in [-0.3, -0.25) is 4.98 Å². The molecule has 0 atom stereocenters. The highest BCUT2D eigenvalue weighted by Crippen LogP contribution is 2.13. The molecule has 1 aromatic rings. The van der Waals surface area contributed by atoms with Gasteiger partial charge < -0.3 is 0 Å². The Balaban J connectivity index is 0.000000362. The third kappa shape index (κ3) is 8.58. The van der Waals surface area contributed by atoms with Gasteiger partial charge in [-0.05, 0) is 30.5 Å². The summed E-state index contributed by atoms with van der Waals surface area (Å²) in [5.41, 5.74) is 3.37. The summed E-state index contributed by atoms with van der Waals surface area (Å²) in [6, 6.07) is 4.06. The van der Waals surface area contributed by atoms with Gasteiger partial charge in [-0.1, -0.05) is 71.9 Å². The summed E-state index contributed by atoms with van der Waals surface area (Å²) in [6.07, 6.45) is 11.3. The van der Waals surface area contributed by atoms with Gasteiger partial charge in [0.25, 0.3) is 0 Å². The Morgan fingerprint density at radius 2 is 1.63 bits per heavy atom. The molecule has 0 N–H and O–H groups in total. The minimum absolute atomic E-state index is 1.02. The summed E-state index contributed by atoms with van der Waals surface area (Å²) in [5, 5.41) is 0. The molecule has 0 spiro atoms. The lowest BCUT2D eigenvalue weighted by atomic mass is 10.1. The van der Waals surface area contributed by atoms with Crippen LogP contribution in [0.5, 0.6) is 0 Å². The zero-order chi connectivity index (χ0) is 14.5. The first-order valence-corrected chi connectivity index (χ1v) is 7.77. The van der Waals surface area contributed by atoms with Crippen molar-refractivity contribution in [1.29, 1.82) is 0 Å². The summed E-state index contributed by atoms with van der Waals surface area (Å²) in [7, 11) is 0. The van der Waals surface area contributed by atoms with Crippen molar-refractivity contribution in [3.8, 4) is 0 Å². The van der Waals surface area contributed by atoms with E-state index in [2.05, 4.69) is 38.4 Å². The summed E-state index contributed by atoms with van der Waals surface area (Å²) >= 11 is 0. The highest BCUT2D eigenvalue weighted by Gasteiger charge is 1.99. The SMILES string of the molecule is C=C(C)c1ncccc1CC.CCCCCCCC. The van der Waals surface area contributed by atoms with Crippen molar-refractivity contribution < 1.29 is 0 Å². The number of allylic oxidation sites excluding steroid dienone is 1. The van der Waals surface area contributed by atoms with Gasteiger partial charge in [0, 0.05) is 6.20 Å². The maximum atomic E-state index is 4.25. The predicted molar refractivity (Wildman–Crippen MR) is 87.4 cm³/mol. The van der Waals surface area contributed by atoms with Crippen LogP contribution in [0.4, 0.5) is 0 Å². The Morgan fingerprint density at radius 1 is 1.05 bits per heavy atom. The third-order valence-corrected chi connectivity index (χ3v) is 3.13. The second-order valence-corrected chi connectivity index (χ2v) is 5.06. The smallest absolute Gasteiger partial charge is 0.0684 e. The van der Waals surface area contributed by atoms with Gasteiger partial charge in [0.1, 0.15) is 0 Å². The van der Waals surface area contributed by atoms with Crippen molar-refractivity contribution in [3.05, 3.63) is 36.2 Å². The van der Waals surface area contributed by atoms with E-state index in [1.807, 2.05) is 19.2 Å². The molecule has 0 saturated carbocycles. The standard InChI is InChI=1S/C10H13N.C8H18/c1-4-9-6-5-7-11-10(9)8(2)3;1-3-5-7-8-6-4-2/h5-7H,2,4H2,1,3H3;3-8H2,1-2H3. The van der Waals surface area contributed by atoms with Crippen LogP contribution in [-0.2, 0) is 6.42 Å². The second kappa shape index (κ2) is 12.0. The summed E-state index contributed by atoms with van der Waals surface area (Å²) in [4.78, 5) is 4.25. The van der Waals surface area contributed by atoms with Gasteiger partial charge in [-0.25, -0.2) is 0 Å². The molecular weight excluding hydrogens is 230 g/mol. The number of pyridine rings is 1. The molecule has 19 heavy (non-hydrogen) atoms. The van der Waals surface area contributed by atoms with Crippen molar-refractivity contribution in [2.75, 3.05) is 0 Å².